The molecule has 1 fully saturated rings. The highest BCUT2D eigenvalue weighted by Crippen LogP contribution is 2.26. The Labute approximate surface area is 238 Å². The van der Waals surface area contributed by atoms with Crippen LogP contribution in [0.2, 0.25) is 0 Å². The van der Waals surface area contributed by atoms with E-state index in [0.29, 0.717) is 25.7 Å². The van der Waals surface area contributed by atoms with Crippen LogP contribution < -0.4 is 31.5 Å². The van der Waals surface area contributed by atoms with Crippen LogP contribution in [0.5, 0.6) is 0 Å². The Morgan fingerprint density at radius 3 is 1.80 bits per heavy atom. The summed E-state index contributed by atoms with van der Waals surface area (Å²) in [6.07, 6.45) is 2.59. The smallest absolute Gasteiger partial charge is 0.315 e. The van der Waals surface area contributed by atoms with E-state index in [9.17, 15) is 22.8 Å². The number of carbonyl (C=O) groups excluding carboxylic acids is 1. The van der Waals surface area contributed by atoms with E-state index in [2.05, 4.69) is 20.7 Å². The minimum absolute atomic E-state index is 0.00611. The van der Waals surface area contributed by atoms with Gasteiger partial charge in [0.25, 0.3) is 20.9 Å². The molecule has 4 N–H and O–H groups in total. The van der Waals surface area contributed by atoms with E-state index in [1.165, 1.54) is 12.1 Å². The van der Waals surface area contributed by atoms with E-state index in [0.717, 1.165) is 16.7 Å². The van der Waals surface area contributed by atoms with Crippen LogP contribution in [0.1, 0.15) is 48.4 Å². The van der Waals surface area contributed by atoms with E-state index in [-0.39, 0.29) is 40.4 Å². The summed E-state index contributed by atoms with van der Waals surface area (Å²) in [6.45, 7) is 1.84. The van der Waals surface area contributed by atoms with Crippen LogP contribution >= 0.6 is 0 Å². The third-order valence-corrected chi connectivity index (χ3v) is 8.80. The number of benzene rings is 3. The summed E-state index contributed by atoms with van der Waals surface area (Å²) in [5.74, 6) is 0. The fraction of sp³-hybridized carbons (Fsp3) is 0.258. The summed E-state index contributed by atoms with van der Waals surface area (Å²) in [7, 11) is -4.02. The molecule has 9 nitrogen and oxygen atoms in total. The number of hydrogen-bond acceptors (Lipinski definition) is 6. The normalized spacial score (nSPS) is 17.2. The van der Waals surface area contributed by atoms with Crippen molar-refractivity contribution in [3.05, 3.63) is 122 Å². The lowest BCUT2D eigenvalue weighted by atomic mass is 9.90. The molecule has 1 aliphatic carbocycles. The van der Waals surface area contributed by atoms with E-state index in [4.69, 9.17) is 0 Å². The number of aryl methyl sites for hydroxylation is 1. The molecule has 0 aliphatic heterocycles. The van der Waals surface area contributed by atoms with Crippen LogP contribution in [0.15, 0.2) is 99.4 Å². The third kappa shape index (κ3) is 6.49. The summed E-state index contributed by atoms with van der Waals surface area (Å²) >= 11 is 0. The molecule has 1 saturated carbocycles. The molecule has 0 bridgehead atoms. The molecule has 5 rings (SSSR count). The monoisotopic (exact) mass is 572 g/mol. The summed E-state index contributed by atoms with van der Waals surface area (Å²) in [5.41, 5.74) is 1.01. The zero-order chi connectivity index (χ0) is 29.0. The van der Waals surface area contributed by atoms with Crippen LogP contribution in [-0.2, 0) is 10.0 Å². The lowest BCUT2D eigenvalue weighted by Gasteiger charge is -2.31. The molecule has 2 amide bonds. The molecule has 0 radical (unpaired) electrons. The number of hydrogen-bond donors (Lipinski definition) is 4. The SMILES string of the molecule is Cc1ccc(S(=O)(=O)Nc2c(NC3CCC(NC(=O)NC(c4ccccc4)c4ccccc4)CC3)c(=O)c2=O)cc1. The number of urea groups is 1. The van der Waals surface area contributed by atoms with Crippen molar-refractivity contribution in [2.45, 2.75) is 55.6 Å². The molecule has 212 valence electrons. The molecule has 41 heavy (non-hydrogen) atoms. The van der Waals surface area contributed by atoms with E-state index in [1.807, 2.05) is 67.6 Å². The predicted octanol–water partition coefficient (Wildman–Crippen LogP) is 4.20. The van der Waals surface area contributed by atoms with Crippen molar-refractivity contribution in [2.75, 3.05) is 10.0 Å². The van der Waals surface area contributed by atoms with Crippen LogP contribution in [0.3, 0.4) is 0 Å². The maximum atomic E-state index is 13.0. The van der Waals surface area contributed by atoms with Gasteiger partial charge in [0, 0.05) is 12.1 Å². The zero-order valence-corrected chi connectivity index (χ0v) is 23.4. The highest BCUT2D eigenvalue weighted by Gasteiger charge is 2.30. The molecule has 10 heteroatoms. The summed E-state index contributed by atoms with van der Waals surface area (Å²) in [6, 6.07) is 25.0. The minimum atomic E-state index is -4.02. The molecule has 1 aliphatic rings. The van der Waals surface area contributed by atoms with Gasteiger partial charge in [-0.1, -0.05) is 78.4 Å². The van der Waals surface area contributed by atoms with Gasteiger partial charge in [-0.05, 0) is 55.9 Å². The molecular formula is C31H32N4O5S. The molecule has 0 spiro atoms. The quantitative estimate of drug-likeness (QED) is 0.222. The van der Waals surface area contributed by atoms with Crippen LogP contribution in [0, 0.1) is 6.92 Å². The fourth-order valence-corrected chi connectivity index (χ4v) is 6.21. The third-order valence-electron chi connectivity index (χ3n) is 7.43. The highest BCUT2D eigenvalue weighted by atomic mass is 32.2. The maximum Gasteiger partial charge on any atom is 0.315 e. The van der Waals surface area contributed by atoms with Crippen LogP contribution in [0.25, 0.3) is 0 Å². The first-order valence-corrected chi connectivity index (χ1v) is 15.1. The number of sulfonamides is 1. The number of carbonyl (C=O) groups is 1. The number of amides is 2. The van der Waals surface area contributed by atoms with Gasteiger partial charge in [0.05, 0.1) is 10.9 Å². The van der Waals surface area contributed by atoms with Gasteiger partial charge in [-0.3, -0.25) is 14.3 Å². The minimum Gasteiger partial charge on any atom is -0.377 e. The van der Waals surface area contributed by atoms with E-state index < -0.39 is 20.9 Å². The fourth-order valence-electron chi connectivity index (χ4n) is 5.13. The summed E-state index contributed by atoms with van der Waals surface area (Å²) in [5, 5.41) is 9.23. The lowest BCUT2D eigenvalue weighted by molar-refractivity contribution is 0.229. The zero-order valence-electron chi connectivity index (χ0n) is 22.6. The second kappa shape index (κ2) is 12.0. The van der Waals surface area contributed by atoms with Crippen molar-refractivity contribution >= 4 is 27.4 Å². The van der Waals surface area contributed by atoms with Crippen molar-refractivity contribution in [1.29, 1.82) is 0 Å². The topological polar surface area (TPSA) is 133 Å². The summed E-state index contributed by atoms with van der Waals surface area (Å²) in [4.78, 5) is 37.5. The van der Waals surface area contributed by atoms with Gasteiger partial charge >= 0.3 is 6.03 Å². The molecular weight excluding hydrogens is 540 g/mol. The van der Waals surface area contributed by atoms with Gasteiger partial charge in [0.15, 0.2) is 0 Å². The number of nitrogens with one attached hydrogen (secondary N) is 4. The van der Waals surface area contributed by atoms with Crippen LogP contribution in [0.4, 0.5) is 16.2 Å². The Kier molecular flexibility index (Phi) is 8.21. The van der Waals surface area contributed by atoms with Gasteiger partial charge in [-0.15, -0.1) is 0 Å². The molecule has 4 aromatic rings. The number of anilines is 2. The average Bonchev–Trinajstić information content (AvgIpc) is 2.99. The van der Waals surface area contributed by atoms with E-state index >= 15 is 0 Å². The van der Waals surface area contributed by atoms with Gasteiger partial charge in [-0.2, -0.15) is 0 Å². The Hall–Kier alpha value is -4.44. The maximum absolute atomic E-state index is 13.0. The highest BCUT2D eigenvalue weighted by molar-refractivity contribution is 7.92. The largest absolute Gasteiger partial charge is 0.377 e. The Balaban J connectivity index is 1.17. The molecule has 0 saturated heterocycles. The van der Waals surface area contributed by atoms with E-state index in [1.54, 1.807) is 12.1 Å². The first-order valence-electron chi connectivity index (χ1n) is 13.6. The molecule has 0 aromatic heterocycles. The van der Waals surface area contributed by atoms with Crippen molar-refractivity contribution in [3.63, 3.8) is 0 Å². The van der Waals surface area contributed by atoms with Gasteiger partial charge in [0.2, 0.25) is 0 Å². The Morgan fingerprint density at radius 2 is 1.24 bits per heavy atom. The Morgan fingerprint density at radius 1 is 0.732 bits per heavy atom. The van der Waals surface area contributed by atoms with Gasteiger partial charge in [0.1, 0.15) is 11.4 Å². The van der Waals surface area contributed by atoms with Crippen molar-refractivity contribution in [2.24, 2.45) is 0 Å². The van der Waals surface area contributed by atoms with Crippen molar-refractivity contribution in [1.82, 2.24) is 10.6 Å². The molecule has 0 atom stereocenters. The molecule has 0 heterocycles. The van der Waals surface area contributed by atoms with Gasteiger partial charge in [-0.25, -0.2) is 13.2 Å². The second-order valence-electron chi connectivity index (χ2n) is 10.4. The average molecular weight is 573 g/mol. The molecule has 4 aromatic carbocycles. The first-order chi connectivity index (χ1) is 19.7. The second-order valence-corrected chi connectivity index (χ2v) is 12.1. The summed E-state index contributed by atoms with van der Waals surface area (Å²) < 4.78 is 27.8. The molecule has 0 unspecified atom stereocenters. The first kappa shape index (κ1) is 28.1. The lowest BCUT2D eigenvalue weighted by Crippen LogP contribution is -2.47. The number of rotatable bonds is 9. The Bertz CT molecular complexity index is 1640. The standard InChI is InChI=1S/C31H32N4O5S/c1-20-12-18-25(19-13-20)41(39,40)35-28-27(29(36)30(28)37)32-23-14-16-24(17-15-23)33-31(38)34-26(21-8-4-2-5-9-21)22-10-6-3-7-11-22/h2-13,18-19,23-24,26,32,35H,14-17H2,1H3,(H2,33,34,38). The van der Waals surface area contributed by atoms with Crippen LogP contribution in [-0.4, -0.2) is 26.5 Å². The van der Waals surface area contributed by atoms with Gasteiger partial charge < -0.3 is 16.0 Å². The van der Waals surface area contributed by atoms with Crippen molar-refractivity contribution in [3.8, 4) is 0 Å². The van der Waals surface area contributed by atoms with Crippen molar-refractivity contribution < 1.29 is 13.2 Å². The predicted molar refractivity (Wildman–Crippen MR) is 159 cm³/mol.